The topological polar surface area (TPSA) is 29.5 Å². The maximum atomic E-state index is 10.0. The average Bonchev–Trinajstić information content (AvgIpc) is 2.40. The molecule has 2 nitrogen and oxygen atoms in total. The average molecular weight is 254 g/mol. The Labute approximate surface area is 112 Å². The van der Waals surface area contributed by atoms with E-state index in [1.54, 1.807) is 0 Å². The van der Waals surface area contributed by atoms with Gasteiger partial charge in [0.15, 0.2) is 0 Å². The van der Waals surface area contributed by atoms with Gasteiger partial charge in [-0.1, -0.05) is 26.2 Å². The van der Waals surface area contributed by atoms with E-state index < -0.39 is 0 Å². The molecule has 1 saturated heterocycles. The number of rotatable bonds is 5. The van der Waals surface area contributed by atoms with E-state index in [4.69, 9.17) is 4.74 Å². The van der Waals surface area contributed by atoms with Gasteiger partial charge in [-0.05, 0) is 56.3 Å². The lowest BCUT2D eigenvalue weighted by Crippen LogP contribution is -2.28. The highest BCUT2D eigenvalue weighted by molar-refractivity contribution is 4.78. The molecule has 0 spiro atoms. The first-order valence-electron chi connectivity index (χ1n) is 8.01. The zero-order valence-corrected chi connectivity index (χ0v) is 11.9. The second kappa shape index (κ2) is 7.49. The summed E-state index contributed by atoms with van der Waals surface area (Å²) in [6.07, 6.45) is 11.3. The number of unbranched alkanes of at least 4 members (excludes halogenated alkanes) is 1. The first kappa shape index (κ1) is 14.3. The predicted octanol–water partition coefficient (Wildman–Crippen LogP) is 3.77. The summed E-state index contributed by atoms with van der Waals surface area (Å²) >= 11 is 0. The number of ether oxygens (including phenoxy) is 1. The van der Waals surface area contributed by atoms with Gasteiger partial charge in [0.1, 0.15) is 0 Å². The van der Waals surface area contributed by atoms with E-state index >= 15 is 0 Å². The molecule has 0 radical (unpaired) electrons. The van der Waals surface area contributed by atoms with E-state index in [0.29, 0.717) is 5.92 Å². The molecule has 1 aliphatic heterocycles. The summed E-state index contributed by atoms with van der Waals surface area (Å²) in [7, 11) is 0. The van der Waals surface area contributed by atoms with Gasteiger partial charge in [-0.25, -0.2) is 0 Å². The molecule has 0 aromatic rings. The molecule has 2 fully saturated rings. The molecule has 3 atom stereocenters. The summed E-state index contributed by atoms with van der Waals surface area (Å²) in [5, 5.41) is 10.0. The third kappa shape index (κ3) is 4.55. The van der Waals surface area contributed by atoms with Crippen molar-refractivity contribution in [2.45, 2.75) is 70.8 Å². The van der Waals surface area contributed by atoms with Gasteiger partial charge >= 0.3 is 0 Å². The fourth-order valence-electron chi connectivity index (χ4n) is 3.67. The van der Waals surface area contributed by atoms with Gasteiger partial charge in [-0.15, -0.1) is 0 Å². The second-order valence-corrected chi connectivity index (χ2v) is 6.59. The van der Waals surface area contributed by atoms with Crippen LogP contribution >= 0.6 is 0 Å². The summed E-state index contributed by atoms with van der Waals surface area (Å²) in [6, 6.07) is 0. The van der Waals surface area contributed by atoms with Crippen LogP contribution in [-0.2, 0) is 4.74 Å². The van der Waals surface area contributed by atoms with Crippen molar-refractivity contribution >= 4 is 0 Å². The van der Waals surface area contributed by atoms with Gasteiger partial charge in [0.05, 0.1) is 6.10 Å². The molecule has 2 aliphatic rings. The molecule has 1 aliphatic carbocycles. The zero-order valence-electron chi connectivity index (χ0n) is 11.9. The monoisotopic (exact) mass is 254 g/mol. The third-order valence-corrected chi connectivity index (χ3v) is 4.98. The van der Waals surface area contributed by atoms with E-state index in [0.717, 1.165) is 31.5 Å². The normalized spacial score (nSPS) is 34.7. The van der Waals surface area contributed by atoms with E-state index in [-0.39, 0.29) is 6.10 Å². The Hall–Kier alpha value is -0.0800. The van der Waals surface area contributed by atoms with Crippen LogP contribution in [0.5, 0.6) is 0 Å². The number of hydrogen-bond acceptors (Lipinski definition) is 2. The van der Waals surface area contributed by atoms with Crippen LogP contribution in [0.25, 0.3) is 0 Å². The van der Waals surface area contributed by atoms with Crippen molar-refractivity contribution in [3.05, 3.63) is 0 Å². The lowest BCUT2D eigenvalue weighted by molar-refractivity contribution is 0.0445. The molecule has 1 heterocycles. The van der Waals surface area contributed by atoms with Gasteiger partial charge in [0.2, 0.25) is 0 Å². The van der Waals surface area contributed by atoms with Crippen molar-refractivity contribution in [2.75, 3.05) is 13.2 Å². The minimum atomic E-state index is -0.00993. The minimum absolute atomic E-state index is 0.00993. The maximum Gasteiger partial charge on any atom is 0.0568 e. The zero-order chi connectivity index (χ0) is 12.8. The molecule has 0 amide bonds. The van der Waals surface area contributed by atoms with Crippen LogP contribution in [0.4, 0.5) is 0 Å². The van der Waals surface area contributed by atoms with Crippen molar-refractivity contribution < 1.29 is 9.84 Å². The van der Waals surface area contributed by atoms with Crippen molar-refractivity contribution in [3.8, 4) is 0 Å². The predicted molar refractivity (Wildman–Crippen MR) is 74.5 cm³/mol. The molecule has 3 unspecified atom stereocenters. The molecule has 1 saturated carbocycles. The fraction of sp³-hybridized carbons (Fsp3) is 1.00. The summed E-state index contributed by atoms with van der Waals surface area (Å²) < 4.78 is 5.39. The van der Waals surface area contributed by atoms with Crippen LogP contribution in [0.15, 0.2) is 0 Å². The quantitative estimate of drug-likeness (QED) is 0.757. The highest BCUT2D eigenvalue weighted by atomic mass is 16.5. The Morgan fingerprint density at radius 3 is 2.50 bits per heavy atom. The fourth-order valence-corrected chi connectivity index (χ4v) is 3.67. The number of hydrogen-bond donors (Lipinski definition) is 1. The van der Waals surface area contributed by atoms with E-state index in [2.05, 4.69) is 6.92 Å². The van der Waals surface area contributed by atoms with Crippen molar-refractivity contribution in [1.82, 2.24) is 0 Å². The van der Waals surface area contributed by atoms with Crippen LogP contribution in [0.3, 0.4) is 0 Å². The molecule has 2 heteroatoms. The maximum absolute atomic E-state index is 10.0. The Kier molecular flexibility index (Phi) is 5.97. The van der Waals surface area contributed by atoms with E-state index in [9.17, 15) is 5.11 Å². The standard InChI is InChI=1S/C16H30O2/c1-13-6-7-16(17)15(12-13)5-3-2-4-14-8-10-18-11-9-14/h13-17H,2-12H2,1H3. The summed E-state index contributed by atoms with van der Waals surface area (Å²) in [6.45, 7) is 4.29. The number of aliphatic hydroxyl groups excluding tert-OH is 1. The van der Waals surface area contributed by atoms with Gasteiger partial charge in [0.25, 0.3) is 0 Å². The summed E-state index contributed by atoms with van der Waals surface area (Å²) in [4.78, 5) is 0. The smallest absolute Gasteiger partial charge is 0.0568 e. The largest absolute Gasteiger partial charge is 0.393 e. The summed E-state index contributed by atoms with van der Waals surface area (Å²) in [5.41, 5.74) is 0. The lowest BCUT2D eigenvalue weighted by Gasteiger charge is -2.31. The molecule has 0 bridgehead atoms. The van der Waals surface area contributed by atoms with Gasteiger partial charge in [0, 0.05) is 13.2 Å². The molecule has 106 valence electrons. The first-order chi connectivity index (χ1) is 8.75. The van der Waals surface area contributed by atoms with Crippen LogP contribution in [-0.4, -0.2) is 24.4 Å². The molecule has 0 aromatic carbocycles. The Morgan fingerprint density at radius 1 is 1.00 bits per heavy atom. The first-order valence-corrected chi connectivity index (χ1v) is 8.01. The summed E-state index contributed by atoms with van der Waals surface area (Å²) in [5.74, 6) is 2.33. The molecular weight excluding hydrogens is 224 g/mol. The van der Waals surface area contributed by atoms with Gasteiger partial charge in [-0.2, -0.15) is 0 Å². The second-order valence-electron chi connectivity index (χ2n) is 6.59. The van der Waals surface area contributed by atoms with Crippen LogP contribution in [0.2, 0.25) is 0 Å². The highest BCUT2D eigenvalue weighted by Gasteiger charge is 2.26. The Morgan fingerprint density at radius 2 is 1.72 bits per heavy atom. The Balaban J connectivity index is 1.56. The SMILES string of the molecule is CC1CCC(O)C(CCCCC2CCOCC2)C1. The lowest BCUT2D eigenvalue weighted by atomic mass is 9.78. The van der Waals surface area contributed by atoms with Crippen LogP contribution in [0.1, 0.15) is 64.7 Å². The molecule has 0 aromatic heterocycles. The van der Waals surface area contributed by atoms with Crippen LogP contribution in [0, 0.1) is 17.8 Å². The molecule has 2 rings (SSSR count). The Bertz CT molecular complexity index is 223. The molecular formula is C16H30O2. The molecule has 1 N–H and O–H groups in total. The van der Waals surface area contributed by atoms with Crippen molar-refractivity contribution in [1.29, 1.82) is 0 Å². The van der Waals surface area contributed by atoms with Crippen LogP contribution < -0.4 is 0 Å². The highest BCUT2D eigenvalue weighted by Crippen LogP contribution is 2.32. The third-order valence-electron chi connectivity index (χ3n) is 4.98. The van der Waals surface area contributed by atoms with E-state index in [1.807, 2.05) is 0 Å². The molecule has 18 heavy (non-hydrogen) atoms. The van der Waals surface area contributed by atoms with Gasteiger partial charge < -0.3 is 9.84 Å². The van der Waals surface area contributed by atoms with Crippen molar-refractivity contribution in [2.24, 2.45) is 17.8 Å². The number of aliphatic hydroxyl groups is 1. The van der Waals surface area contributed by atoms with Crippen molar-refractivity contribution in [3.63, 3.8) is 0 Å². The minimum Gasteiger partial charge on any atom is -0.393 e. The van der Waals surface area contributed by atoms with E-state index in [1.165, 1.54) is 51.4 Å². The van der Waals surface area contributed by atoms with Gasteiger partial charge in [-0.3, -0.25) is 0 Å².